The molecule has 0 aliphatic heterocycles. The maximum absolute atomic E-state index is 13.4. The van der Waals surface area contributed by atoms with E-state index in [0.717, 1.165) is 17.8 Å². The van der Waals surface area contributed by atoms with E-state index in [-0.39, 0.29) is 11.9 Å². The number of nitrogens with two attached hydrogens (primary N) is 1. The lowest BCUT2D eigenvalue weighted by Gasteiger charge is -2.23. The summed E-state index contributed by atoms with van der Waals surface area (Å²) in [7, 11) is 2.02. The van der Waals surface area contributed by atoms with Crippen LogP contribution in [0.25, 0.3) is 0 Å². The van der Waals surface area contributed by atoms with Gasteiger partial charge in [0.05, 0.1) is 0 Å². The lowest BCUT2D eigenvalue weighted by Crippen LogP contribution is -2.22. The van der Waals surface area contributed by atoms with Crippen LogP contribution in [0.5, 0.6) is 0 Å². The summed E-state index contributed by atoms with van der Waals surface area (Å²) in [6, 6.07) is 15.2. The Morgan fingerprint density at radius 2 is 1.85 bits per heavy atom. The number of halogens is 1. The van der Waals surface area contributed by atoms with Gasteiger partial charge in [-0.2, -0.15) is 0 Å². The average Bonchev–Trinajstić information content (AvgIpc) is 2.39. The van der Waals surface area contributed by atoms with Crippen molar-refractivity contribution in [1.29, 1.82) is 0 Å². The Hall–Kier alpha value is -1.87. The molecule has 2 aromatic carbocycles. The minimum atomic E-state index is -0.211. The Bertz CT molecular complexity index is 552. The molecule has 1 unspecified atom stereocenters. The van der Waals surface area contributed by atoms with Crippen molar-refractivity contribution in [2.75, 3.05) is 11.9 Å². The highest BCUT2D eigenvalue weighted by Gasteiger charge is 2.10. The van der Waals surface area contributed by atoms with E-state index in [1.807, 2.05) is 38.2 Å². The summed E-state index contributed by atoms with van der Waals surface area (Å²) in [6.45, 7) is 2.73. The molecule has 0 aromatic heterocycles. The van der Waals surface area contributed by atoms with Crippen molar-refractivity contribution in [3.05, 3.63) is 65.5 Å². The van der Waals surface area contributed by atoms with Gasteiger partial charge in [-0.25, -0.2) is 4.39 Å². The molecule has 106 valence electrons. The standard InChI is InChI=1S/C17H21FN2/c1-13(19)10-15-11-16(18)8-9-17(15)20(2)12-14-6-4-3-5-7-14/h3-9,11,13H,10,12,19H2,1-2H3. The number of hydrogen-bond donors (Lipinski definition) is 1. The van der Waals surface area contributed by atoms with Crippen LogP contribution in [0.1, 0.15) is 18.1 Å². The highest BCUT2D eigenvalue weighted by atomic mass is 19.1. The highest BCUT2D eigenvalue weighted by molar-refractivity contribution is 5.54. The zero-order valence-electron chi connectivity index (χ0n) is 12.0. The van der Waals surface area contributed by atoms with Crippen molar-refractivity contribution in [3.63, 3.8) is 0 Å². The van der Waals surface area contributed by atoms with Crippen LogP contribution >= 0.6 is 0 Å². The van der Waals surface area contributed by atoms with Crippen LogP contribution in [0.15, 0.2) is 48.5 Å². The zero-order valence-corrected chi connectivity index (χ0v) is 12.0. The normalized spacial score (nSPS) is 12.2. The molecule has 2 aromatic rings. The van der Waals surface area contributed by atoms with Gasteiger partial charge in [-0.1, -0.05) is 30.3 Å². The van der Waals surface area contributed by atoms with Crippen LogP contribution in [0.3, 0.4) is 0 Å². The monoisotopic (exact) mass is 272 g/mol. The Morgan fingerprint density at radius 3 is 2.50 bits per heavy atom. The van der Waals surface area contributed by atoms with E-state index >= 15 is 0 Å². The molecule has 0 aliphatic carbocycles. The molecule has 0 spiro atoms. The Balaban J connectivity index is 2.22. The van der Waals surface area contributed by atoms with Gasteiger partial charge in [-0.05, 0) is 42.7 Å². The summed E-state index contributed by atoms with van der Waals surface area (Å²) >= 11 is 0. The number of benzene rings is 2. The predicted octanol–water partition coefficient (Wildman–Crippen LogP) is 3.35. The first-order chi connectivity index (χ1) is 9.56. The van der Waals surface area contributed by atoms with E-state index in [1.54, 1.807) is 6.07 Å². The van der Waals surface area contributed by atoms with Gasteiger partial charge in [-0.3, -0.25) is 0 Å². The first kappa shape index (κ1) is 14.5. The predicted molar refractivity (Wildman–Crippen MR) is 82.3 cm³/mol. The van der Waals surface area contributed by atoms with Crippen molar-refractivity contribution in [2.24, 2.45) is 5.73 Å². The van der Waals surface area contributed by atoms with Gasteiger partial charge in [0.1, 0.15) is 5.82 Å². The molecular weight excluding hydrogens is 251 g/mol. The Kier molecular flexibility index (Phi) is 4.74. The SMILES string of the molecule is CC(N)Cc1cc(F)ccc1N(C)Cc1ccccc1. The van der Waals surface area contributed by atoms with Crippen LogP contribution in [0.4, 0.5) is 10.1 Å². The van der Waals surface area contributed by atoms with E-state index < -0.39 is 0 Å². The minimum Gasteiger partial charge on any atom is -0.370 e. The molecule has 1 atom stereocenters. The van der Waals surface area contributed by atoms with Gasteiger partial charge in [0.2, 0.25) is 0 Å². The third-order valence-electron chi connectivity index (χ3n) is 3.26. The first-order valence-electron chi connectivity index (χ1n) is 6.85. The van der Waals surface area contributed by atoms with Crippen molar-refractivity contribution in [1.82, 2.24) is 0 Å². The van der Waals surface area contributed by atoms with Gasteiger partial charge < -0.3 is 10.6 Å². The van der Waals surface area contributed by atoms with Gasteiger partial charge in [0.15, 0.2) is 0 Å². The summed E-state index contributed by atoms with van der Waals surface area (Å²) in [6.07, 6.45) is 0.673. The molecule has 0 aliphatic rings. The molecule has 3 heteroatoms. The van der Waals surface area contributed by atoms with E-state index in [9.17, 15) is 4.39 Å². The zero-order chi connectivity index (χ0) is 14.5. The maximum Gasteiger partial charge on any atom is 0.123 e. The average molecular weight is 272 g/mol. The second kappa shape index (κ2) is 6.53. The van der Waals surface area contributed by atoms with E-state index in [1.165, 1.54) is 11.6 Å². The third kappa shape index (κ3) is 3.81. The fourth-order valence-electron chi connectivity index (χ4n) is 2.38. The highest BCUT2D eigenvalue weighted by Crippen LogP contribution is 2.23. The van der Waals surface area contributed by atoms with E-state index in [4.69, 9.17) is 5.73 Å². The molecule has 0 saturated carbocycles. The quantitative estimate of drug-likeness (QED) is 0.904. The first-order valence-corrected chi connectivity index (χ1v) is 6.85. The Morgan fingerprint density at radius 1 is 1.15 bits per heavy atom. The van der Waals surface area contributed by atoms with Crippen LogP contribution in [0.2, 0.25) is 0 Å². The molecular formula is C17H21FN2. The van der Waals surface area contributed by atoms with Crippen molar-refractivity contribution >= 4 is 5.69 Å². The van der Waals surface area contributed by atoms with Crippen LogP contribution < -0.4 is 10.6 Å². The van der Waals surface area contributed by atoms with Crippen LogP contribution in [0, 0.1) is 5.82 Å². The molecule has 0 bridgehead atoms. The molecule has 2 N–H and O–H groups in total. The summed E-state index contributed by atoms with van der Waals surface area (Å²) in [5.41, 5.74) is 9.07. The molecule has 2 nitrogen and oxygen atoms in total. The molecule has 0 amide bonds. The van der Waals surface area contributed by atoms with Gasteiger partial charge >= 0.3 is 0 Å². The smallest absolute Gasteiger partial charge is 0.123 e. The third-order valence-corrected chi connectivity index (χ3v) is 3.26. The van der Waals surface area contributed by atoms with Crippen molar-refractivity contribution < 1.29 is 4.39 Å². The fraction of sp³-hybridized carbons (Fsp3) is 0.294. The second-order valence-corrected chi connectivity index (χ2v) is 5.30. The van der Waals surface area contributed by atoms with Crippen LogP contribution in [-0.2, 0) is 13.0 Å². The lowest BCUT2D eigenvalue weighted by molar-refractivity contribution is 0.622. The number of hydrogen-bond acceptors (Lipinski definition) is 2. The lowest BCUT2D eigenvalue weighted by atomic mass is 10.0. The summed E-state index contributed by atoms with van der Waals surface area (Å²) in [5.74, 6) is -0.211. The second-order valence-electron chi connectivity index (χ2n) is 5.30. The number of rotatable bonds is 5. The summed E-state index contributed by atoms with van der Waals surface area (Å²) < 4.78 is 13.4. The van der Waals surface area contributed by atoms with Crippen molar-refractivity contribution in [3.8, 4) is 0 Å². The maximum atomic E-state index is 13.4. The minimum absolute atomic E-state index is 0.0145. The van der Waals surface area contributed by atoms with Gasteiger partial charge in [0.25, 0.3) is 0 Å². The number of anilines is 1. The van der Waals surface area contributed by atoms with E-state index in [0.29, 0.717) is 6.42 Å². The van der Waals surface area contributed by atoms with Gasteiger partial charge in [-0.15, -0.1) is 0 Å². The summed E-state index contributed by atoms with van der Waals surface area (Å²) in [4.78, 5) is 2.13. The Labute approximate surface area is 120 Å². The van der Waals surface area contributed by atoms with Crippen LogP contribution in [-0.4, -0.2) is 13.1 Å². The van der Waals surface area contributed by atoms with Gasteiger partial charge in [0, 0.05) is 25.3 Å². The molecule has 2 rings (SSSR count). The molecule has 0 fully saturated rings. The summed E-state index contributed by atoms with van der Waals surface area (Å²) in [5, 5.41) is 0. The fourth-order valence-corrected chi connectivity index (χ4v) is 2.38. The van der Waals surface area contributed by atoms with Crippen molar-refractivity contribution in [2.45, 2.75) is 25.9 Å². The largest absolute Gasteiger partial charge is 0.370 e. The molecule has 0 saturated heterocycles. The topological polar surface area (TPSA) is 29.3 Å². The molecule has 20 heavy (non-hydrogen) atoms. The molecule has 0 heterocycles. The number of nitrogens with zero attached hydrogens (tertiary/aromatic N) is 1. The molecule has 0 radical (unpaired) electrons. The van der Waals surface area contributed by atoms with E-state index in [2.05, 4.69) is 17.0 Å².